The number of rotatable bonds is 5. The second-order valence-electron chi connectivity index (χ2n) is 9.44. The van der Waals surface area contributed by atoms with Gasteiger partial charge < -0.3 is 10.1 Å². The summed E-state index contributed by atoms with van der Waals surface area (Å²) in [5, 5.41) is 3.17. The Kier molecular flexibility index (Phi) is 5.57. The van der Waals surface area contributed by atoms with Crippen LogP contribution in [0.15, 0.2) is 66.7 Å². The summed E-state index contributed by atoms with van der Waals surface area (Å²) < 4.78 is 5.27. The van der Waals surface area contributed by atoms with E-state index in [1.807, 2.05) is 48.5 Å². The molecule has 188 valence electrons. The van der Waals surface area contributed by atoms with E-state index in [2.05, 4.69) is 5.32 Å². The molecule has 3 aliphatic carbocycles. The van der Waals surface area contributed by atoms with Gasteiger partial charge in [0.15, 0.2) is 0 Å². The molecule has 2 atom stereocenters. The number of hydrogen-bond donors (Lipinski definition) is 1. The predicted molar refractivity (Wildman–Crippen MR) is 141 cm³/mol. The molecule has 0 saturated carbocycles. The zero-order chi connectivity index (χ0) is 26.1. The largest absolute Gasteiger partial charge is 0.495 e. The van der Waals surface area contributed by atoms with Crippen LogP contribution >= 0.6 is 34.8 Å². The Hall–Kier alpha value is -3.06. The molecule has 7 rings (SSSR count). The van der Waals surface area contributed by atoms with Gasteiger partial charge in [0.05, 0.1) is 24.6 Å². The van der Waals surface area contributed by atoms with Crippen LogP contribution in [-0.2, 0) is 24.1 Å². The van der Waals surface area contributed by atoms with Gasteiger partial charge in [-0.2, -0.15) is 0 Å². The Balaban J connectivity index is 1.33. The SMILES string of the molecule is COc1ccc(Cl)cc1NC(=O)CCN1C(=O)[C@H]2[C@H](C1=O)C1(Cl)c3ccccc3C2(Cl)c2ccccc21. The third-order valence-electron chi connectivity index (χ3n) is 7.67. The zero-order valence-corrected chi connectivity index (χ0v) is 21.9. The first kappa shape index (κ1) is 24.3. The zero-order valence-electron chi connectivity index (χ0n) is 19.6. The van der Waals surface area contributed by atoms with E-state index in [4.69, 9.17) is 39.5 Å². The number of carbonyl (C=O) groups excluding carboxylic acids is 3. The number of halogens is 3. The average Bonchev–Trinajstić information content (AvgIpc) is 3.16. The third-order valence-corrected chi connectivity index (χ3v) is 9.19. The highest BCUT2D eigenvalue weighted by molar-refractivity contribution is 6.36. The predicted octanol–water partition coefficient (Wildman–Crippen LogP) is 5.27. The fourth-order valence-corrected chi connectivity index (χ4v) is 7.42. The minimum absolute atomic E-state index is 0.105. The van der Waals surface area contributed by atoms with Gasteiger partial charge in [-0.05, 0) is 40.5 Å². The van der Waals surface area contributed by atoms with Gasteiger partial charge in [-0.3, -0.25) is 19.3 Å². The van der Waals surface area contributed by atoms with E-state index in [0.717, 1.165) is 27.2 Å². The number of methoxy groups -OCH3 is 1. The van der Waals surface area contributed by atoms with Crippen LogP contribution in [-0.4, -0.2) is 36.3 Å². The van der Waals surface area contributed by atoms with Crippen LogP contribution in [0.25, 0.3) is 0 Å². The van der Waals surface area contributed by atoms with Crippen molar-refractivity contribution in [1.82, 2.24) is 4.90 Å². The van der Waals surface area contributed by atoms with E-state index >= 15 is 0 Å². The second kappa shape index (κ2) is 8.48. The maximum atomic E-state index is 13.8. The van der Waals surface area contributed by atoms with Gasteiger partial charge in [0, 0.05) is 18.0 Å². The van der Waals surface area contributed by atoms with Crippen molar-refractivity contribution in [2.24, 2.45) is 11.8 Å². The van der Waals surface area contributed by atoms with Crippen molar-refractivity contribution in [3.63, 3.8) is 0 Å². The first-order chi connectivity index (χ1) is 17.7. The first-order valence-electron chi connectivity index (χ1n) is 11.8. The Morgan fingerprint density at radius 2 is 1.38 bits per heavy atom. The molecule has 9 heteroatoms. The van der Waals surface area contributed by atoms with Crippen LogP contribution in [0.3, 0.4) is 0 Å². The fourth-order valence-electron chi connectivity index (χ4n) is 6.15. The number of carbonyl (C=O) groups is 3. The third kappa shape index (κ3) is 3.22. The number of ether oxygens (including phenoxy) is 1. The summed E-state index contributed by atoms with van der Waals surface area (Å²) in [5.74, 6) is -2.58. The normalized spacial score (nSPS) is 27.0. The van der Waals surface area contributed by atoms with Crippen LogP contribution in [0.5, 0.6) is 5.75 Å². The van der Waals surface area contributed by atoms with Gasteiger partial charge in [-0.15, -0.1) is 23.2 Å². The number of hydrogen-bond acceptors (Lipinski definition) is 4. The molecule has 0 aromatic heterocycles. The van der Waals surface area contributed by atoms with E-state index in [1.54, 1.807) is 18.2 Å². The molecule has 1 heterocycles. The van der Waals surface area contributed by atoms with Crippen LogP contribution in [0, 0.1) is 11.8 Å². The summed E-state index contributed by atoms with van der Waals surface area (Å²) in [6.07, 6.45) is -0.114. The Morgan fingerprint density at radius 3 is 1.84 bits per heavy atom. The number of benzene rings is 3. The summed E-state index contributed by atoms with van der Waals surface area (Å²) >= 11 is 20.9. The maximum Gasteiger partial charge on any atom is 0.235 e. The molecular weight excluding hydrogens is 535 g/mol. The second-order valence-corrected chi connectivity index (χ2v) is 11.1. The topological polar surface area (TPSA) is 75.7 Å². The Morgan fingerprint density at radius 1 is 0.892 bits per heavy atom. The molecule has 0 unspecified atom stereocenters. The van der Waals surface area contributed by atoms with Crippen LogP contribution in [0.4, 0.5) is 5.69 Å². The smallest absolute Gasteiger partial charge is 0.235 e. The quantitative estimate of drug-likeness (QED) is 0.344. The summed E-state index contributed by atoms with van der Waals surface area (Å²) in [7, 11) is 1.48. The van der Waals surface area contributed by atoms with Gasteiger partial charge in [0.1, 0.15) is 15.5 Å². The molecule has 37 heavy (non-hydrogen) atoms. The van der Waals surface area contributed by atoms with E-state index < -0.39 is 39.3 Å². The number of anilines is 1. The van der Waals surface area contributed by atoms with Crippen molar-refractivity contribution in [1.29, 1.82) is 0 Å². The molecule has 3 aromatic rings. The molecule has 1 N–H and O–H groups in total. The number of imide groups is 1. The van der Waals surface area contributed by atoms with Gasteiger partial charge in [0.2, 0.25) is 17.7 Å². The van der Waals surface area contributed by atoms with Crippen molar-refractivity contribution in [2.45, 2.75) is 16.2 Å². The molecule has 0 spiro atoms. The summed E-state index contributed by atoms with van der Waals surface area (Å²) in [4.78, 5) is 39.1. The fraction of sp³-hybridized carbons (Fsp3) is 0.250. The van der Waals surface area contributed by atoms with Crippen molar-refractivity contribution >= 4 is 58.2 Å². The Labute approximate surface area is 228 Å². The average molecular weight is 556 g/mol. The lowest BCUT2D eigenvalue weighted by Crippen LogP contribution is -2.57. The van der Waals surface area contributed by atoms with Gasteiger partial charge >= 0.3 is 0 Å². The molecular formula is C28H21Cl3N2O4. The number of nitrogens with zero attached hydrogens (tertiary/aromatic N) is 1. The van der Waals surface area contributed by atoms with Gasteiger partial charge in [-0.1, -0.05) is 60.1 Å². The van der Waals surface area contributed by atoms with Crippen molar-refractivity contribution in [2.75, 3.05) is 19.0 Å². The van der Waals surface area contributed by atoms with Crippen molar-refractivity contribution < 1.29 is 19.1 Å². The van der Waals surface area contributed by atoms with Crippen LogP contribution < -0.4 is 10.1 Å². The molecule has 4 aliphatic rings. The standard InChI is InChI=1S/C28H21Cl3N2O4/c1-37-21-11-10-15(29)14-20(21)32-22(34)12-13-33-25(35)23-24(26(33)36)28(31)17-7-3-2-6-16(17)27(23,30)18-8-4-5-9-19(18)28/h2-11,14,23-24H,12-13H2,1H3,(H,32,34)/t23-,24-,27?,28?/m1/s1. The molecule has 1 fully saturated rings. The molecule has 2 bridgehead atoms. The molecule has 6 nitrogen and oxygen atoms in total. The van der Waals surface area contributed by atoms with Gasteiger partial charge in [-0.25, -0.2) is 0 Å². The molecule has 1 saturated heterocycles. The highest BCUT2D eigenvalue weighted by Crippen LogP contribution is 2.69. The molecule has 3 amide bonds. The first-order valence-corrected chi connectivity index (χ1v) is 12.9. The van der Waals surface area contributed by atoms with Crippen LogP contribution in [0.2, 0.25) is 5.02 Å². The Bertz CT molecular complexity index is 1370. The molecule has 1 aliphatic heterocycles. The van der Waals surface area contributed by atoms with E-state index in [1.165, 1.54) is 7.11 Å². The van der Waals surface area contributed by atoms with E-state index in [0.29, 0.717) is 16.5 Å². The van der Waals surface area contributed by atoms with Gasteiger partial charge in [0.25, 0.3) is 0 Å². The number of amides is 3. The van der Waals surface area contributed by atoms with E-state index in [-0.39, 0.29) is 13.0 Å². The number of likely N-dealkylation sites (tertiary alicyclic amines) is 1. The lowest BCUT2D eigenvalue weighted by molar-refractivity contribution is -0.140. The monoisotopic (exact) mass is 554 g/mol. The minimum atomic E-state index is -1.24. The summed E-state index contributed by atoms with van der Waals surface area (Å²) in [6, 6.07) is 19.8. The minimum Gasteiger partial charge on any atom is -0.495 e. The van der Waals surface area contributed by atoms with Crippen LogP contribution in [0.1, 0.15) is 28.7 Å². The maximum absolute atomic E-state index is 13.8. The lowest BCUT2D eigenvalue weighted by atomic mass is 9.54. The summed E-state index contributed by atoms with van der Waals surface area (Å²) in [5.41, 5.74) is 3.35. The summed E-state index contributed by atoms with van der Waals surface area (Å²) in [6.45, 7) is -0.105. The molecule has 0 radical (unpaired) electrons. The lowest BCUT2D eigenvalue weighted by Gasteiger charge is -2.54. The molecule has 3 aromatic carbocycles. The highest BCUT2D eigenvalue weighted by Gasteiger charge is 2.72. The number of alkyl halides is 2. The highest BCUT2D eigenvalue weighted by atomic mass is 35.5. The van der Waals surface area contributed by atoms with Crippen molar-refractivity contribution in [3.8, 4) is 5.75 Å². The van der Waals surface area contributed by atoms with Crippen molar-refractivity contribution in [3.05, 3.63) is 94.0 Å². The van der Waals surface area contributed by atoms with E-state index in [9.17, 15) is 14.4 Å². The number of nitrogens with one attached hydrogen (secondary N) is 1.